The number of benzene rings is 1. The maximum Gasteiger partial charge on any atom is 0.0479 e. The fraction of sp³-hybridized carbons (Fsp3) is 0.571. The largest absolute Gasteiger partial charge is 0.122 e. The Labute approximate surface area is 98.7 Å². The van der Waals surface area contributed by atoms with Crippen molar-refractivity contribution in [1.29, 1.82) is 0 Å². The Kier molecular flexibility index (Phi) is 4.21. The lowest BCUT2D eigenvalue weighted by Crippen LogP contribution is -2.02. The maximum absolute atomic E-state index is 6.08. The van der Waals surface area contributed by atoms with Crippen molar-refractivity contribution in [2.24, 2.45) is 0 Å². The lowest BCUT2D eigenvalue weighted by Gasteiger charge is -2.19. The SMILES string of the molecule is Cc1cc(C(C)C)c(CCl)c(C(C)C)c1. The van der Waals surface area contributed by atoms with E-state index in [-0.39, 0.29) is 0 Å². The van der Waals surface area contributed by atoms with E-state index in [4.69, 9.17) is 11.6 Å². The Morgan fingerprint density at radius 3 is 1.67 bits per heavy atom. The molecule has 0 atom stereocenters. The number of rotatable bonds is 3. The molecule has 0 amide bonds. The van der Waals surface area contributed by atoms with Crippen LogP contribution in [0.5, 0.6) is 0 Å². The summed E-state index contributed by atoms with van der Waals surface area (Å²) in [6.07, 6.45) is 0. The Morgan fingerprint density at radius 2 is 1.40 bits per heavy atom. The zero-order valence-electron chi connectivity index (χ0n) is 10.4. The summed E-state index contributed by atoms with van der Waals surface area (Å²) < 4.78 is 0. The summed E-state index contributed by atoms with van der Waals surface area (Å²) >= 11 is 6.08. The second kappa shape index (κ2) is 5.03. The topological polar surface area (TPSA) is 0 Å². The summed E-state index contributed by atoms with van der Waals surface area (Å²) in [7, 11) is 0. The molecule has 0 bridgehead atoms. The van der Waals surface area contributed by atoms with E-state index in [1.54, 1.807) is 0 Å². The minimum absolute atomic E-state index is 0.552. The molecule has 0 spiro atoms. The minimum atomic E-state index is 0.552. The van der Waals surface area contributed by atoms with Crippen LogP contribution >= 0.6 is 11.6 Å². The number of aryl methyl sites for hydroxylation is 1. The van der Waals surface area contributed by atoms with Gasteiger partial charge in [0.2, 0.25) is 0 Å². The molecular weight excluding hydrogens is 204 g/mol. The molecule has 0 N–H and O–H groups in total. The highest BCUT2D eigenvalue weighted by Crippen LogP contribution is 2.30. The molecule has 0 nitrogen and oxygen atoms in total. The molecule has 0 unspecified atom stereocenters. The Morgan fingerprint density at radius 1 is 1.00 bits per heavy atom. The van der Waals surface area contributed by atoms with Gasteiger partial charge >= 0.3 is 0 Å². The van der Waals surface area contributed by atoms with Crippen LogP contribution in [0.1, 0.15) is 61.8 Å². The molecule has 0 fully saturated rings. The van der Waals surface area contributed by atoms with Crippen LogP contribution in [0.15, 0.2) is 12.1 Å². The van der Waals surface area contributed by atoms with Crippen molar-refractivity contribution in [2.75, 3.05) is 0 Å². The van der Waals surface area contributed by atoms with E-state index in [2.05, 4.69) is 46.8 Å². The highest BCUT2D eigenvalue weighted by molar-refractivity contribution is 6.17. The van der Waals surface area contributed by atoms with Crippen LogP contribution in [0.25, 0.3) is 0 Å². The van der Waals surface area contributed by atoms with Crippen LogP contribution in [0.2, 0.25) is 0 Å². The predicted molar refractivity (Wildman–Crippen MR) is 68.9 cm³/mol. The quantitative estimate of drug-likeness (QED) is 0.636. The van der Waals surface area contributed by atoms with Gasteiger partial charge in [-0.15, -0.1) is 11.6 Å². The first-order valence-corrected chi connectivity index (χ1v) is 6.20. The molecule has 0 aromatic heterocycles. The van der Waals surface area contributed by atoms with Gasteiger partial charge in [0.15, 0.2) is 0 Å². The highest BCUT2D eigenvalue weighted by Gasteiger charge is 2.13. The number of halogens is 1. The molecule has 0 saturated heterocycles. The minimum Gasteiger partial charge on any atom is -0.122 e. The summed E-state index contributed by atoms with van der Waals surface area (Å²) in [6, 6.07) is 4.54. The standard InChI is InChI=1S/C14H21Cl/c1-9(2)12-6-11(5)7-13(10(3)4)14(12)8-15/h6-7,9-10H,8H2,1-5H3. The maximum atomic E-state index is 6.08. The van der Waals surface area contributed by atoms with E-state index < -0.39 is 0 Å². The third-order valence-electron chi connectivity index (χ3n) is 2.84. The van der Waals surface area contributed by atoms with Crippen molar-refractivity contribution >= 4 is 11.6 Å². The first-order valence-electron chi connectivity index (χ1n) is 5.66. The van der Waals surface area contributed by atoms with Crippen LogP contribution in [0, 0.1) is 6.92 Å². The molecule has 15 heavy (non-hydrogen) atoms. The van der Waals surface area contributed by atoms with Gasteiger partial charge in [0.1, 0.15) is 0 Å². The van der Waals surface area contributed by atoms with Crippen molar-refractivity contribution in [3.05, 3.63) is 34.4 Å². The van der Waals surface area contributed by atoms with Crippen molar-refractivity contribution in [2.45, 2.75) is 52.3 Å². The smallest absolute Gasteiger partial charge is 0.0479 e. The molecule has 0 aliphatic rings. The molecule has 84 valence electrons. The van der Waals surface area contributed by atoms with Crippen LogP contribution in [0.3, 0.4) is 0 Å². The number of alkyl halides is 1. The molecule has 1 heteroatoms. The zero-order chi connectivity index (χ0) is 11.6. The molecule has 1 aromatic rings. The number of hydrogen-bond acceptors (Lipinski definition) is 0. The summed E-state index contributed by atoms with van der Waals surface area (Å²) in [5, 5.41) is 0. The van der Waals surface area contributed by atoms with Gasteiger partial charge in [-0.2, -0.15) is 0 Å². The lowest BCUT2D eigenvalue weighted by molar-refractivity contribution is 0.811. The van der Waals surface area contributed by atoms with E-state index in [0.717, 1.165) is 0 Å². The fourth-order valence-corrected chi connectivity index (χ4v) is 2.37. The molecule has 0 aliphatic heterocycles. The van der Waals surface area contributed by atoms with E-state index >= 15 is 0 Å². The van der Waals surface area contributed by atoms with Crippen molar-refractivity contribution in [1.82, 2.24) is 0 Å². The lowest BCUT2D eigenvalue weighted by atomic mass is 9.88. The Balaban J connectivity index is 3.38. The van der Waals surface area contributed by atoms with Gasteiger partial charge in [-0.25, -0.2) is 0 Å². The van der Waals surface area contributed by atoms with Crippen molar-refractivity contribution in [3.8, 4) is 0 Å². The summed E-state index contributed by atoms with van der Waals surface area (Å²) in [4.78, 5) is 0. The first-order chi connectivity index (χ1) is 6.97. The van der Waals surface area contributed by atoms with Gasteiger partial charge in [-0.1, -0.05) is 45.4 Å². The average molecular weight is 225 g/mol. The van der Waals surface area contributed by atoms with Crippen LogP contribution in [-0.4, -0.2) is 0 Å². The van der Waals surface area contributed by atoms with E-state index in [0.29, 0.717) is 17.7 Å². The zero-order valence-corrected chi connectivity index (χ0v) is 11.2. The van der Waals surface area contributed by atoms with Crippen LogP contribution in [-0.2, 0) is 5.88 Å². The fourth-order valence-electron chi connectivity index (χ4n) is 2.06. The van der Waals surface area contributed by atoms with Gasteiger partial charge < -0.3 is 0 Å². The van der Waals surface area contributed by atoms with Gasteiger partial charge in [0.05, 0.1) is 0 Å². The molecule has 1 rings (SSSR count). The monoisotopic (exact) mass is 224 g/mol. The predicted octanol–water partition coefficient (Wildman–Crippen LogP) is 4.98. The summed E-state index contributed by atoms with van der Waals surface area (Å²) in [6.45, 7) is 11.1. The van der Waals surface area contributed by atoms with Crippen LogP contribution in [0.4, 0.5) is 0 Å². The van der Waals surface area contributed by atoms with Crippen molar-refractivity contribution < 1.29 is 0 Å². The van der Waals surface area contributed by atoms with Gasteiger partial charge in [-0.05, 0) is 35.4 Å². The molecule has 1 aromatic carbocycles. The van der Waals surface area contributed by atoms with E-state index in [9.17, 15) is 0 Å². The molecular formula is C14H21Cl. The second-order valence-electron chi connectivity index (χ2n) is 4.86. The molecule has 0 radical (unpaired) electrons. The molecule has 0 aliphatic carbocycles. The Bertz CT molecular complexity index is 308. The third kappa shape index (κ3) is 2.75. The normalized spacial score (nSPS) is 11.5. The van der Waals surface area contributed by atoms with Gasteiger partial charge in [-0.3, -0.25) is 0 Å². The first kappa shape index (κ1) is 12.6. The third-order valence-corrected chi connectivity index (χ3v) is 3.11. The Hall–Kier alpha value is -0.490. The van der Waals surface area contributed by atoms with E-state index in [1.807, 2.05) is 0 Å². The molecule has 0 heterocycles. The second-order valence-corrected chi connectivity index (χ2v) is 5.13. The van der Waals surface area contributed by atoms with E-state index in [1.165, 1.54) is 22.3 Å². The summed E-state index contributed by atoms with van der Waals surface area (Å²) in [5.74, 6) is 1.73. The summed E-state index contributed by atoms with van der Waals surface area (Å²) in [5.41, 5.74) is 5.51. The van der Waals surface area contributed by atoms with Gasteiger partial charge in [0.25, 0.3) is 0 Å². The van der Waals surface area contributed by atoms with Gasteiger partial charge in [0, 0.05) is 5.88 Å². The van der Waals surface area contributed by atoms with Crippen LogP contribution < -0.4 is 0 Å². The highest BCUT2D eigenvalue weighted by atomic mass is 35.5. The molecule has 0 saturated carbocycles. The number of hydrogen-bond donors (Lipinski definition) is 0. The average Bonchev–Trinajstić information content (AvgIpc) is 2.16. The van der Waals surface area contributed by atoms with Crippen molar-refractivity contribution in [3.63, 3.8) is 0 Å².